The molecule has 1 aromatic carbocycles. The van der Waals surface area contributed by atoms with E-state index in [-0.39, 0.29) is 60.4 Å². The Hall–Kier alpha value is -4.57. The molecule has 1 aliphatic heterocycles. The molecule has 2 heterocycles. The van der Waals surface area contributed by atoms with Gasteiger partial charge in [-0.25, -0.2) is 4.98 Å². The van der Waals surface area contributed by atoms with Crippen LogP contribution in [0.5, 0.6) is 5.75 Å². The Bertz CT molecular complexity index is 1720. The monoisotopic (exact) mass is 843 g/mol. The average molecular weight is 844 g/mol. The molecule has 328 valence electrons. The lowest BCUT2D eigenvalue weighted by Crippen LogP contribution is -2.59. The summed E-state index contributed by atoms with van der Waals surface area (Å²) < 4.78 is 11.5. The summed E-state index contributed by atoms with van der Waals surface area (Å²) in [5, 5.41) is 27.1. The number of carbonyl (C=O) groups excluding carboxylic acids is 5. The van der Waals surface area contributed by atoms with Crippen molar-refractivity contribution in [3.63, 3.8) is 0 Å². The van der Waals surface area contributed by atoms with E-state index < -0.39 is 66.6 Å². The van der Waals surface area contributed by atoms with Gasteiger partial charge in [-0.05, 0) is 74.7 Å². The van der Waals surface area contributed by atoms with Gasteiger partial charge in [0.2, 0.25) is 11.8 Å². The van der Waals surface area contributed by atoms with E-state index in [4.69, 9.17) is 9.47 Å². The Kier molecular flexibility index (Phi) is 19.3. The van der Waals surface area contributed by atoms with Gasteiger partial charge < -0.3 is 35.2 Å². The number of nitrogens with zero attached hydrogens (tertiary/aromatic N) is 3. The lowest BCUT2D eigenvalue weighted by atomic mass is 9.92. The van der Waals surface area contributed by atoms with Gasteiger partial charge in [0.05, 0.1) is 12.0 Å². The number of aromatic nitrogens is 1. The van der Waals surface area contributed by atoms with Crippen LogP contribution in [0.3, 0.4) is 0 Å². The molecule has 0 spiro atoms. The minimum absolute atomic E-state index is 0.0143. The van der Waals surface area contributed by atoms with Crippen molar-refractivity contribution in [3.05, 3.63) is 45.9 Å². The number of phenolic OH excluding ortho intramolecular Hbond substituents is 1. The summed E-state index contributed by atoms with van der Waals surface area (Å²) in [6, 6.07) is 3.83. The standard InChI is InChI=1S/C43H65N5O10S/c1-10-27(6)38(46-40(53)34-13-11-12-18-47(34)9)42(54)48(24-57-37(51)19-25(2)3)35(26(4)5)22-36(58-29(8)49)41-45-33(23-59-41)39(52)44-31(20-28(7)43(55)56)21-30-14-16-32(50)17-15-30/h14-17,23,25-28,31,34-36,38,50H,10-13,18-22,24H2,1-9H3,(H,44,52)(H,46,53)(H,55,56)/t27-,28-,31+,34+,35+,36+,38-/m0/s1. The van der Waals surface area contributed by atoms with Crippen molar-refractivity contribution in [2.75, 3.05) is 20.3 Å². The summed E-state index contributed by atoms with van der Waals surface area (Å²) in [6.45, 7) is 14.6. The number of esters is 2. The van der Waals surface area contributed by atoms with E-state index in [0.717, 1.165) is 36.3 Å². The smallest absolute Gasteiger partial charge is 0.307 e. The van der Waals surface area contributed by atoms with Gasteiger partial charge in [0.25, 0.3) is 5.91 Å². The zero-order valence-electron chi connectivity index (χ0n) is 36.1. The lowest BCUT2D eigenvalue weighted by molar-refractivity contribution is -0.161. The summed E-state index contributed by atoms with van der Waals surface area (Å²) in [6.07, 6.45) is 2.73. The van der Waals surface area contributed by atoms with Crippen molar-refractivity contribution in [2.45, 2.75) is 137 Å². The number of carboxylic acids is 1. The molecule has 1 saturated heterocycles. The Balaban J connectivity index is 1.96. The molecule has 2 aromatic rings. The molecule has 0 radical (unpaired) electrons. The highest BCUT2D eigenvalue weighted by atomic mass is 32.1. The molecule has 3 amide bonds. The van der Waals surface area contributed by atoms with Gasteiger partial charge >= 0.3 is 17.9 Å². The van der Waals surface area contributed by atoms with Crippen LogP contribution in [-0.4, -0.2) is 105 Å². The normalized spacial score (nSPS) is 17.6. The Morgan fingerprint density at radius 1 is 1.00 bits per heavy atom. The van der Waals surface area contributed by atoms with E-state index in [1.165, 1.54) is 29.3 Å². The number of aliphatic carboxylic acids is 1. The number of amides is 3. The van der Waals surface area contributed by atoms with Crippen molar-refractivity contribution in [1.29, 1.82) is 0 Å². The third kappa shape index (κ3) is 15.2. The largest absolute Gasteiger partial charge is 0.508 e. The molecule has 16 heteroatoms. The van der Waals surface area contributed by atoms with E-state index in [1.807, 2.05) is 53.5 Å². The molecule has 4 N–H and O–H groups in total. The third-order valence-electron chi connectivity index (χ3n) is 10.8. The predicted octanol–water partition coefficient (Wildman–Crippen LogP) is 5.71. The molecule has 0 unspecified atom stereocenters. The zero-order valence-corrected chi connectivity index (χ0v) is 36.9. The fraction of sp³-hybridized carbons (Fsp3) is 0.651. The van der Waals surface area contributed by atoms with Gasteiger partial charge in [-0.3, -0.25) is 33.7 Å². The first-order valence-electron chi connectivity index (χ1n) is 20.7. The summed E-state index contributed by atoms with van der Waals surface area (Å²) >= 11 is 1.10. The molecule has 0 aliphatic carbocycles. The van der Waals surface area contributed by atoms with E-state index in [2.05, 4.69) is 15.6 Å². The van der Waals surface area contributed by atoms with Crippen molar-refractivity contribution < 1.29 is 48.5 Å². The van der Waals surface area contributed by atoms with Gasteiger partial charge in [0, 0.05) is 37.2 Å². The first-order valence-corrected chi connectivity index (χ1v) is 21.6. The number of rotatable bonds is 22. The second-order valence-corrected chi connectivity index (χ2v) is 17.5. The van der Waals surface area contributed by atoms with Crippen LogP contribution in [0.15, 0.2) is 29.6 Å². The van der Waals surface area contributed by atoms with E-state index in [1.54, 1.807) is 19.1 Å². The van der Waals surface area contributed by atoms with Crippen LogP contribution in [0.1, 0.15) is 127 Å². The van der Waals surface area contributed by atoms with Gasteiger partial charge in [-0.2, -0.15) is 0 Å². The van der Waals surface area contributed by atoms with Crippen LogP contribution in [0.2, 0.25) is 0 Å². The minimum atomic E-state index is -1.01. The van der Waals surface area contributed by atoms with Gasteiger partial charge in [0.15, 0.2) is 12.8 Å². The van der Waals surface area contributed by atoms with Crippen molar-refractivity contribution >= 4 is 47.0 Å². The number of piperidine rings is 1. The molecule has 15 nitrogen and oxygen atoms in total. The molecule has 1 aromatic heterocycles. The molecule has 3 rings (SSSR count). The minimum Gasteiger partial charge on any atom is -0.508 e. The maximum atomic E-state index is 14.8. The first kappa shape index (κ1) is 48.8. The molecule has 59 heavy (non-hydrogen) atoms. The van der Waals surface area contributed by atoms with Gasteiger partial charge in [0.1, 0.15) is 22.5 Å². The fourth-order valence-corrected chi connectivity index (χ4v) is 8.03. The quantitative estimate of drug-likeness (QED) is 0.0832. The number of ether oxygens (including phenoxy) is 2. The number of phenols is 1. The molecule has 0 saturated carbocycles. The summed E-state index contributed by atoms with van der Waals surface area (Å²) in [7, 11) is 1.90. The number of likely N-dealkylation sites (N-methyl/N-ethyl adjacent to an activating group) is 1. The average Bonchev–Trinajstić information content (AvgIpc) is 3.67. The molecular formula is C43H65N5O10S. The number of carboxylic acid groups (broad SMARTS) is 1. The number of thiazole rings is 1. The van der Waals surface area contributed by atoms with Crippen molar-refractivity contribution in [3.8, 4) is 5.75 Å². The van der Waals surface area contributed by atoms with E-state index in [0.29, 0.717) is 24.3 Å². The van der Waals surface area contributed by atoms with Crippen LogP contribution in [0.4, 0.5) is 0 Å². The summed E-state index contributed by atoms with van der Waals surface area (Å²) in [5.74, 6) is -4.54. The number of carbonyl (C=O) groups is 6. The molecule has 7 atom stereocenters. The molecule has 0 bridgehead atoms. The summed E-state index contributed by atoms with van der Waals surface area (Å²) in [4.78, 5) is 87.4. The van der Waals surface area contributed by atoms with E-state index >= 15 is 0 Å². The number of hydrogen-bond donors (Lipinski definition) is 4. The van der Waals surface area contributed by atoms with Crippen LogP contribution < -0.4 is 10.6 Å². The number of aromatic hydroxyl groups is 1. The molecule has 1 fully saturated rings. The van der Waals surface area contributed by atoms with Crippen LogP contribution in [-0.2, 0) is 39.9 Å². The number of nitrogens with one attached hydrogen (secondary N) is 2. The maximum absolute atomic E-state index is 14.8. The summed E-state index contributed by atoms with van der Waals surface area (Å²) in [5.41, 5.74) is 0.814. The predicted molar refractivity (Wildman–Crippen MR) is 223 cm³/mol. The van der Waals surface area contributed by atoms with Gasteiger partial charge in [-0.1, -0.05) is 73.4 Å². The highest BCUT2D eigenvalue weighted by Gasteiger charge is 2.39. The second-order valence-electron chi connectivity index (χ2n) is 16.6. The zero-order chi connectivity index (χ0) is 44.0. The second kappa shape index (κ2) is 23.3. The van der Waals surface area contributed by atoms with Crippen LogP contribution in [0.25, 0.3) is 0 Å². The maximum Gasteiger partial charge on any atom is 0.307 e. The van der Waals surface area contributed by atoms with Crippen LogP contribution in [0, 0.1) is 23.7 Å². The van der Waals surface area contributed by atoms with Crippen molar-refractivity contribution in [2.24, 2.45) is 23.7 Å². The molecule has 1 aliphatic rings. The van der Waals surface area contributed by atoms with E-state index in [9.17, 15) is 39.0 Å². The highest BCUT2D eigenvalue weighted by molar-refractivity contribution is 7.09. The Morgan fingerprint density at radius 3 is 2.25 bits per heavy atom. The Labute approximate surface area is 352 Å². The lowest BCUT2D eigenvalue weighted by Gasteiger charge is -2.39. The number of benzene rings is 1. The highest BCUT2D eigenvalue weighted by Crippen LogP contribution is 2.32. The SMILES string of the molecule is CC[C@H](C)[C@H](NC(=O)[C@H]1CCCCN1C)C(=O)N(COC(=O)CC(C)C)[C@H](C[C@@H](OC(C)=O)c1nc(C(=O)N[C@@H](Cc2ccc(O)cc2)C[C@H](C)C(=O)O)cs1)C(C)C. The third-order valence-corrected chi connectivity index (χ3v) is 11.8. The topological polar surface area (TPSA) is 205 Å². The van der Waals surface area contributed by atoms with Gasteiger partial charge in [-0.15, -0.1) is 11.3 Å². The fourth-order valence-electron chi connectivity index (χ4n) is 7.19. The van der Waals surface area contributed by atoms with Crippen LogP contribution >= 0.6 is 11.3 Å². The number of likely N-dealkylation sites (tertiary alicyclic amines) is 1. The molecular weight excluding hydrogens is 779 g/mol. The Morgan fingerprint density at radius 2 is 1.68 bits per heavy atom. The number of hydrogen-bond acceptors (Lipinski definition) is 12. The van der Waals surface area contributed by atoms with Crippen molar-refractivity contribution in [1.82, 2.24) is 25.4 Å². The first-order chi connectivity index (χ1) is 27.8.